The third-order valence-corrected chi connectivity index (χ3v) is 5.37. The minimum Gasteiger partial charge on any atom is -0.325 e. The first-order valence-electron chi connectivity index (χ1n) is 7.38. The molecule has 8 heteroatoms. The molecule has 0 bridgehead atoms. The Kier molecular flexibility index (Phi) is 5.78. The lowest BCUT2D eigenvalue weighted by Crippen LogP contribution is -2.14. The summed E-state index contributed by atoms with van der Waals surface area (Å²) in [6.45, 7) is 2.02. The first-order chi connectivity index (χ1) is 12.0. The second-order valence-electron chi connectivity index (χ2n) is 5.30. The summed E-state index contributed by atoms with van der Waals surface area (Å²) >= 11 is 10.6. The van der Waals surface area contributed by atoms with E-state index in [-0.39, 0.29) is 11.7 Å². The molecule has 3 aromatic rings. The van der Waals surface area contributed by atoms with Crippen molar-refractivity contribution in [3.8, 4) is 11.4 Å². The van der Waals surface area contributed by atoms with Crippen molar-refractivity contribution in [2.75, 3.05) is 11.1 Å². The van der Waals surface area contributed by atoms with Crippen LogP contribution in [0.2, 0.25) is 5.02 Å². The van der Waals surface area contributed by atoms with Gasteiger partial charge in [0.25, 0.3) is 0 Å². The molecule has 0 spiro atoms. The molecule has 2 N–H and O–H groups in total. The molecular formula is C17H14BrClN4OS. The van der Waals surface area contributed by atoms with Gasteiger partial charge in [0.1, 0.15) is 0 Å². The molecule has 0 saturated heterocycles. The lowest BCUT2D eigenvalue weighted by Gasteiger charge is -2.05. The molecule has 0 atom stereocenters. The SMILES string of the molecule is Cc1cccc(-c2nc(SCC(=O)Nc3ccc(Br)c(Cl)c3)n[nH]2)c1. The number of H-pyrrole nitrogens is 1. The van der Waals surface area contributed by atoms with E-state index < -0.39 is 0 Å². The largest absolute Gasteiger partial charge is 0.325 e. The summed E-state index contributed by atoms with van der Waals surface area (Å²) in [5.74, 6) is 0.746. The minimum atomic E-state index is -0.148. The highest BCUT2D eigenvalue weighted by Crippen LogP contribution is 2.26. The van der Waals surface area contributed by atoms with Gasteiger partial charge in [-0.15, -0.1) is 5.10 Å². The third-order valence-electron chi connectivity index (χ3n) is 3.29. The lowest BCUT2D eigenvalue weighted by atomic mass is 10.1. The standard InChI is InChI=1S/C17H14BrClN4OS/c1-10-3-2-4-11(7-10)16-21-17(23-22-16)25-9-15(24)20-12-5-6-13(18)14(19)8-12/h2-8H,9H2,1H3,(H,20,24)(H,21,22,23). The molecule has 0 unspecified atom stereocenters. The molecule has 5 nitrogen and oxygen atoms in total. The normalized spacial score (nSPS) is 10.7. The molecule has 25 heavy (non-hydrogen) atoms. The Labute approximate surface area is 162 Å². The van der Waals surface area contributed by atoms with Crippen LogP contribution in [0.15, 0.2) is 52.1 Å². The van der Waals surface area contributed by atoms with Crippen molar-refractivity contribution < 1.29 is 4.79 Å². The third kappa shape index (κ3) is 4.84. The molecule has 1 aromatic heterocycles. The molecule has 0 radical (unpaired) electrons. The van der Waals surface area contributed by atoms with Gasteiger partial charge in [0.15, 0.2) is 5.82 Å². The van der Waals surface area contributed by atoms with Crippen LogP contribution >= 0.6 is 39.3 Å². The highest BCUT2D eigenvalue weighted by molar-refractivity contribution is 9.10. The average molecular weight is 438 g/mol. The van der Waals surface area contributed by atoms with Crippen molar-refractivity contribution in [1.82, 2.24) is 15.2 Å². The highest BCUT2D eigenvalue weighted by atomic mass is 79.9. The van der Waals surface area contributed by atoms with Gasteiger partial charge in [-0.05, 0) is 47.1 Å². The average Bonchev–Trinajstić information content (AvgIpc) is 3.05. The summed E-state index contributed by atoms with van der Waals surface area (Å²) in [6.07, 6.45) is 0. The maximum absolute atomic E-state index is 12.1. The number of aryl methyl sites for hydroxylation is 1. The van der Waals surface area contributed by atoms with Crippen LogP contribution in [-0.2, 0) is 4.79 Å². The monoisotopic (exact) mass is 436 g/mol. The summed E-state index contributed by atoms with van der Waals surface area (Å²) in [5, 5.41) is 10.9. The summed E-state index contributed by atoms with van der Waals surface area (Å²) < 4.78 is 0.783. The van der Waals surface area contributed by atoms with Crippen LogP contribution in [0.1, 0.15) is 5.56 Å². The van der Waals surface area contributed by atoms with Crippen LogP contribution in [0.25, 0.3) is 11.4 Å². The van der Waals surface area contributed by atoms with Crippen LogP contribution in [0, 0.1) is 6.92 Å². The van der Waals surface area contributed by atoms with E-state index in [0.717, 1.165) is 15.6 Å². The summed E-state index contributed by atoms with van der Waals surface area (Å²) in [6, 6.07) is 13.2. The van der Waals surface area contributed by atoms with E-state index in [0.29, 0.717) is 21.7 Å². The predicted molar refractivity (Wildman–Crippen MR) is 105 cm³/mol. The summed E-state index contributed by atoms with van der Waals surface area (Å²) in [5.41, 5.74) is 2.76. The number of nitrogens with one attached hydrogen (secondary N) is 2. The van der Waals surface area contributed by atoms with Gasteiger partial charge in [-0.25, -0.2) is 4.98 Å². The highest BCUT2D eigenvalue weighted by Gasteiger charge is 2.10. The van der Waals surface area contributed by atoms with Gasteiger partial charge < -0.3 is 5.32 Å². The second kappa shape index (κ2) is 8.03. The van der Waals surface area contributed by atoms with Crippen molar-refractivity contribution in [2.45, 2.75) is 12.1 Å². The first-order valence-corrected chi connectivity index (χ1v) is 9.54. The Morgan fingerprint density at radius 1 is 1.32 bits per heavy atom. The van der Waals surface area contributed by atoms with Crippen molar-refractivity contribution in [3.63, 3.8) is 0 Å². The Balaban J connectivity index is 1.58. The molecule has 0 saturated carbocycles. The molecule has 1 heterocycles. The van der Waals surface area contributed by atoms with Crippen molar-refractivity contribution in [3.05, 3.63) is 57.5 Å². The topological polar surface area (TPSA) is 70.7 Å². The van der Waals surface area contributed by atoms with E-state index in [4.69, 9.17) is 11.6 Å². The Hall–Kier alpha value is -1.83. The summed E-state index contributed by atoms with van der Waals surface area (Å²) in [7, 11) is 0. The fraction of sp³-hybridized carbons (Fsp3) is 0.118. The van der Waals surface area contributed by atoms with Crippen molar-refractivity contribution >= 4 is 50.9 Å². The fourth-order valence-electron chi connectivity index (χ4n) is 2.13. The lowest BCUT2D eigenvalue weighted by molar-refractivity contribution is -0.113. The minimum absolute atomic E-state index is 0.148. The molecule has 128 valence electrons. The first kappa shape index (κ1) is 18.0. The van der Waals surface area contributed by atoms with E-state index in [2.05, 4.69) is 36.4 Å². The zero-order valence-corrected chi connectivity index (χ0v) is 16.4. The number of benzene rings is 2. The van der Waals surface area contributed by atoms with Crippen LogP contribution < -0.4 is 5.32 Å². The van der Waals surface area contributed by atoms with Gasteiger partial charge in [0, 0.05) is 15.7 Å². The Morgan fingerprint density at radius 2 is 2.16 bits per heavy atom. The van der Waals surface area contributed by atoms with Crippen LogP contribution in [0.3, 0.4) is 0 Å². The number of nitrogens with zero attached hydrogens (tertiary/aromatic N) is 2. The number of halogens is 2. The number of carbonyl (C=O) groups is 1. The number of carbonyl (C=O) groups excluding carboxylic acids is 1. The van der Waals surface area contributed by atoms with Gasteiger partial charge in [-0.3, -0.25) is 9.89 Å². The molecule has 0 aliphatic carbocycles. The number of anilines is 1. The van der Waals surface area contributed by atoms with Crippen LogP contribution in [0.5, 0.6) is 0 Å². The molecule has 1 amide bonds. The molecule has 0 aliphatic rings. The Bertz CT molecular complexity index is 915. The molecule has 0 fully saturated rings. The predicted octanol–water partition coefficient (Wildman–Crippen LogP) is 4.93. The Morgan fingerprint density at radius 3 is 2.92 bits per heavy atom. The van der Waals surface area contributed by atoms with E-state index in [1.807, 2.05) is 31.2 Å². The molecule has 2 aromatic carbocycles. The summed E-state index contributed by atoms with van der Waals surface area (Å²) in [4.78, 5) is 16.5. The van der Waals surface area contributed by atoms with E-state index in [1.54, 1.807) is 18.2 Å². The van der Waals surface area contributed by atoms with Gasteiger partial charge >= 0.3 is 0 Å². The number of aromatic amines is 1. The number of hydrogen-bond donors (Lipinski definition) is 2. The smallest absolute Gasteiger partial charge is 0.234 e. The van der Waals surface area contributed by atoms with E-state index >= 15 is 0 Å². The van der Waals surface area contributed by atoms with Crippen LogP contribution in [0.4, 0.5) is 5.69 Å². The van der Waals surface area contributed by atoms with Crippen molar-refractivity contribution in [1.29, 1.82) is 0 Å². The molecule has 0 aliphatic heterocycles. The fourth-order valence-corrected chi connectivity index (χ4v) is 3.16. The maximum Gasteiger partial charge on any atom is 0.234 e. The number of hydrogen-bond acceptors (Lipinski definition) is 4. The van der Waals surface area contributed by atoms with Gasteiger partial charge in [0.2, 0.25) is 11.1 Å². The molecular weight excluding hydrogens is 424 g/mol. The van der Waals surface area contributed by atoms with E-state index in [1.165, 1.54) is 11.8 Å². The second-order valence-corrected chi connectivity index (χ2v) is 7.51. The van der Waals surface area contributed by atoms with E-state index in [9.17, 15) is 4.79 Å². The van der Waals surface area contributed by atoms with Crippen LogP contribution in [-0.4, -0.2) is 26.8 Å². The number of aromatic nitrogens is 3. The van der Waals surface area contributed by atoms with Gasteiger partial charge in [-0.1, -0.05) is 47.1 Å². The maximum atomic E-state index is 12.1. The number of rotatable bonds is 5. The quantitative estimate of drug-likeness (QED) is 0.555. The zero-order chi connectivity index (χ0) is 17.8. The number of thioether (sulfide) groups is 1. The zero-order valence-electron chi connectivity index (χ0n) is 13.2. The van der Waals surface area contributed by atoms with Gasteiger partial charge in [0.05, 0.1) is 10.8 Å². The number of amides is 1. The van der Waals surface area contributed by atoms with Gasteiger partial charge in [-0.2, -0.15) is 0 Å². The molecule has 3 rings (SSSR count). The van der Waals surface area contributed by atoms with Crippen molar-refractivity contribution in [2.24, 2.45) is 0 Å².